The van der Waals surface area contributed by atoms with Gasteiger partial charge in [0.2, 0.25) is 0 Å². The number of benzene rings is 1. The number of nitrogens with two attached hydrogens (primary N) is 1. The molecule has 2 rings (SSSR count). The van der Waals surface area contributed by atoms with Gasteiger partial charge in [-0.25, -0.2) is 0 Å². The van der Waals surface area contributed by atoms with E-state index in [9.17, 15) is 0 Å². The summed E-state index contributed by atoms with van der Waals surface area (Å²) in [6, 6.07) is 6.44. The summed E-state index contributed by atoms with van der Waals surface area (Å²) in [5.41, 5.74) is 9.91. The number of nitrogens with one attached hydrogen (secondary N) is 1. The average molecular weight is 316 g/mol. The first kappa shape index (κ1) is 17.8. The zero-order chi connectivity index (χ0) is 16.7. The summed E-state index contributed by atoms with van der Waals surface area (Å²) in [7, 11) is 0. The Hall–Kier alpha value is -1.55. The number of hydrogen-bond donors (Lipinski definition) is 2. The van der Waals surface area contributed by atoms with Crippen LogP contribution < -0.4 is 11.1 Å². The molecule has 0 aromatic heterocycles. The minimum atomic E-state index is 0.551. The standard InChI is InChI=1S/C19H32N4/c1-4-11-23-12-10-15(14-23)13-21-19(20)22-18-16(5-2)8-7-9-17(18)6-3/h7-9,15H,4-6,10-14H2,1-3H3,(H3,20,21,22). The number of aryl methyl sites for hydroxylation is 2. The van der Waals surface area contributed by atoms with Gasteiger partial charge in [0.1, 0.15) is 0 Å². The number of aliphatic imine (C=N–C) groups is 1. The number of anilines is 1. The monoisotopic (exact) mass is 316 g/mol. The minimum Gasteiger partial charge on any atom is -0.370 e. The maximum absolute atomic E-state index is 6.15. The molecule has 1 atom stereocenters. The van der Waals surface area contributed by atoms with Crippen LogP contribution in [0.1, 0.15) is 44.7 Å². The van der Waals surface area contributed by atoms with Crippen LogP contribution in [-0.2, 0) is 12.8 Å². The molecule has 4 nitrogen and oxygen atoms in total. The van der Waals surface area contributed by atoms with Gasteiger partial charge in [-0.05, 0) is 55.8 Å². The maximum Gasteiger partial charge on any atom is 0.193 e. The van der Waals surface area contributed by atoms with E-state index >= 15 is 0 Å². The van der Waals surface area contributed by atoms with Crippen molar-refractivity contribution in [1.82, 2.24) is 4.90 Å². The Morgan fingerprint density at radius 3 is 2.57 bits per heavy atom. The quantitative estimate of drug-likeness (QED) is 0.599. The first-order valence-corrected chi connectivity index (χ1v) is 9.07. The highest BCUT2D eigenvalue weighted by molar-refractivity contribution is 5.93. The number of likely N-dealkylation sites (tertiary alicyclic amines) is 1. The Labute approximate surface area is 141 Å². The molecule has 1 saturated heterocycles. The smallest absolute Gasteiger partial charge is 0.193 e. The summed E-state index contributed by atoms with van der Waals surface area (Å²) >= 11 is 0. The second-order valence-electron chi connectivity index (χ2n) is 6.46. The molecule has 0 bridgehead atoms. The van der Waals surface area contributed by atoms with Gasteiger partial charge in [-0.2, -0.15) is 0 Å². The number of para-hydroxylation sites is 1. The lowest BCUT2D eigenvalue weighted by Crippen LogP contribution is -2.26. The third kappa shape index (κ3) is 4.96. The second-order valence-corrected chi connectivity index (χ2v) is 6.46. The first-order chi connectivity index (χ1) is 11.2. The predicted octanol–water partition coefficient (Wildman–Crippen LogP) is 3.27. The van der Waals surface area contributed by atoms with E-state index in [1.165, 1.54) is 37.1 Å². The lowest BCUT2D eigenvalue weighted by molar-refractivity contribution is 0.326. The molecule has 1 aliphatic rings. The van der Waals surface area contributed by atoms with Gasteiger partial charge in [0.25, 0.3) is 0 Å². The molecule has 1 heterocycles. The summed E-state index contributed by atoms with van der Waals surface area (Å²) in [5.74, 6) is 1.20. The van der Waals surface area contributed by atoms with E-state index in [2.05, 4.69) is 54.2 Å². The molecule has 1 fully saturated rings. The van der Waals surface area contributed by atoms with Gasteiger partial charge in [-0.3, -0.25) is 4.99 Å². The first-order valence-electron chi connectivity index (χ1n) is 9.07. The van der Waals surface area contributed by atoms with Crippen molar-refractivity contribution < 1.29 is 0 Å². The van der Waals surface area contributed by atoms with Crippen molar-refractivity contribution in [3.8, 4) is 0 Å². The predicted molar refractivity (Wildman–Crippen MR) is 100 cm³/mol. The topological polar surface area (TPSA) is 53.6 Å². The average Bonchev–Trinajstić information content (AvgIpc) is 3.01. The Bertz CT molecular complexity index is 502. The van der Waals surface area contributed by atoms with Gasteiger partial charge in [0.05, 0.1) is 0 Å². The molecule has 4 heteroatoms. The third-order valence-corrected chi connectivity index (χ3v) is 4.68. The van der Waals surface area contributed by atoms with Crippen LogP contribution in [0.5, 0.6) is 0 Å². The highest BCUT2D eigenvalue weighted by atomic mass is 15.2. The Balaban J connectivity index is 1.95. The summed E-state index contributed by atoms with van der Waals surface area (Å²) in [5, 5.41) is 3.36. The Morgan fingerprint density at radius 2 is 1.96 bits per heavy atom. The molecular weight excluding hydrogens is 284 g/mol. The van der Waals surface area contributed by atoms with E-state index in [4.69, 9.17) is 5.73 Å². The SMILES string of the molecule is CCCN1CCC(CN=C(N)Nc2c(CC)cccc2CC)C1. The molecule has 1 unspecified atom stereocenters. The largest absolute Gasteiger partial charge is 0.370 e. The van der Waals surface area contributed by atoms with Crippen LogP contribution in [-0.4, -0.2) is 37.0 Å². The lowest BCUT2D eigenvalue weighted by atomic mass is 10.0. The molecule has 3 N–H and O–H groups in total. The molecule has 0 aliphatic carbocycles. The summed E-state index contributed by atoms with van der Waals surface area (Å²) in [6.45, 7) is 11.0. The van der Waals surface area contributed by atoms with Crippen LogP contribution in [0.4, 0.5) is 5.69 Å². The molecule has 1 aromatic carbocycles. The van der Waals surface area contributed by atoms with Crippen LogP contribution in [0.3, 0.4) is 0 Å². The van der Waals surface area contributed by atoms with Gasteiger partial charge in [0.15, 0.2) is 5.96 Å². The molecular formula is C19H32N4. The van der Waals surface area contributed by atoms with Gasteiger partial charge in [-0.1, -0.05) is 39.0 Å². The number of hydrogen-bond acceptors (Lipinski definition) is 2. The van der Waals surface area contributed by atoms with Crippen molar-refractivity contribution in [2.45, 2.75) is 46.5 Å². The van der Waals surface area contributed by atoms with E-state index in [1.807, 2.05) is 0 Å². The summed E-state index contributed by atoms with van der Waals surface area (Å²) < 4.78 is 0. The van der Waals surface area contributed by atoms with Crippen LogP contribution in [0.25, 0.3) is 0 Å². The number of guanidine groups is 1. The Morgan fingerprint density at radius 1 is 1.26 bits per heavy atom. The maximum atomic E-state index is 6.15. The van der Waals surface area contributed by atoms with Crippen molar-refractivity contribution in [2.24, 2.45) is 16.6 Å². The molecule has 23 heavy (non-hydrogen) atoms. The van der Waals surface area contributed by atoms with Crippen LogP contribution in [0.2, 0.25) is 0 Å². The van der Waals surface area contributed by atoms with Gasteiger partial charge in [0, 0.05) is 18.8 Å². The second kappa shape index (κ2) is 8.92. The normalized spacial score (nSPS) is 19.3. The highest BCUT2D eigenvalue weighted by Crippen LogP contribution is 2.22. The number of rotatable bonds is 7. The van der Waals surface area contributed by atoms with Gasteiger partial charge >= 0.3 is 0 Å². The van der Waals surface area contributed by atoms with Gasteiger partial charge < -0.3 is 16.0 Å². The van der Waals surface area contributed by atoms with Crippen LogP contribution in [0, 0.1) is 5.92 Å². The van der Waals surface area contributed by atoms with E-state index in [-0.39, 0.29) is 0 Å². The van der Waals surface area contributed by atoms with Gasteiger partial charge in [-0.15, -0.1) is 0 Å². The zero-order valence-corrected chi connectivity index (χ0v) is 14.9. The number of nitrogens with zero attached hydrogens (tertiary/aromatic N) is 2. The van der Waals surface area contributed by atoms with E-state index in [1.54, 1.807) is 0 Å². The third-order valence-electron chi connectivity index (χ3n) is 4.68. The van der Waals surface area contributed by atoms with Crippen molar-refractivity contribution in [3.05, 3.63) is 29.3 Å². The van der Waals surface area contributed by atoms with E-state index in [0.717, 1.165) is 31.6 Å². The van der Waals surface area contributed by atoms with Crippen molar-refractivity contribution in [2.75, 3.05) is 31.5 Å². The van der Waals surface area contributed by atoms with E-state index in [0.29, 0.717) is 11.9 Å². The van der Waals surface area contributed by atoms with Crippen molar-refractivity contribution in [1.29, 1.82) is 0 Å². The minimum absolute atomic E-state index is 0.551. The molecule has 0 saturated carbocycles. The highest BCUT2D eigenvalue weighted by Gasteiger charge is 2.21. The molecule has 128 valence electrons. The molecule has 1 aliphatic heterocycles. The fourth-order valence-corrected chi connectivity index (χ4v) is 3.38. The zero-order valence-electron chi connectivity index (χ0n) is 14.9. The van der Waals surface area contributed by atoms with Crippen molar-refractivity contribution in [3.63, 3.8) is 0 Å². The fourth-order valence-electron chi connectivity index (χ4n) is 3.38. The summed E-state index contributed by atoms with van der Waals surface area (Å²) in [6.07, 6.45) is 4.46. The molecule has 0 spiro atoms. The summed E-state index contributed by atoms with van der Waals surface area (Å²) in [4.78, 5) is 7.14. The van der Waals surface area contributed by atoms with Crippen LogP contribution >= 0.6 is 0 Å². The molecule has 0 radical (unpaired) electrons. The lowest BCUT2D eigenvalue weighted by Gasteiger charge is -2.16. The van der Waals surface area contributed by atoms with Crippen molar-refractivity contribution >= 4 is 11.6 Å². The Kier molecular flexibility index (Phi) is 6.90. The van der Waals surface area contributed by atoms with Crippen LogP contribution in [0.15, 0.2) is 23.2 Å². The van der Waals surface area contributed by atoms with E-state index < -0.39 is 0 Å². The molecule has 0 amide bonds. The fraction of sp³-hybridized carbons (Fsp3) is 0.632. The molecule has 1 aromatic rings.